The molecular formula is C12H20S2. The van der Waals surface area contributed by atoms with Crippen LogP contribution >= 0.6 is 23.1 Å². The van der Waals surface area contributed by atoms with Crippen LogP contribution in [0, 0.1) is 0 Å². The van der Waals surface area contributed by atoms with E-state index in [4.69, 9.17) is 0 Å². The van der Waals surface area contributed by atoms with E-state index in [1.54, 1.807) is 4.88 Å². The standard InChI is InChI=1S/C12H20S2/c1-6-13-9(2)11-10(7-8-14-11)12(3,4)5/h7-9H,6H2,1-5H3. The molecule has 0 aliphatic carbocycles. The van der Waals surface area contributed by atoms with Gasteiger partial charge in [-0.15, -0.1) is 11.3 Å². The van der Waals surface area contributed by atoms with Crippen LogP contribution in [0.2, 0.25) is 0 Å². The Hall–Kier alpha value is 0.0500. The van der Waals surface area contributed by atoms with Crippen molar-refractivity contribution >= 4 is 23.1 Å². The van der Waals surface area contributed by atoms with Gasteiger partial charge in [-0.2, -0.15) is 11.8 Å². The van der Waals surface area contributed by atoms with Crippen molar-refractivity contribution in [1.82, 2.24) is 0 Å². The Balaban J connectivity index is 2.93. The molecule has 1 atom stereocenters. The quantitative estimate of drug-likeness (QED) is 0.712. The normalized spacial score (nSPS) is 14.4. The predicted molar refractivity (Wildman–Crippen MR) is 69.6 cm³/mol. The van der Waals surface area contributed by atoms with Gasteiger partial charge < -0.3 is 0 Å². The molecule has 0 saturated heterocycles. The molecule has 0 nitrogen and oxygen atoms in total. The average Bonchev–Trinajstić information content (AvgIpc) is 2.50. The first-order chi connectivity index (χ1) is 6.46. The lowest BCUT2D eigenvalue weighted by atomic mass is 9.87. The van der Waals surface area contributed by atoms with Crippen molar-refractivity contribution in [1.29, 1.82) is 0 Å². The first kappa shape index (κ1) is 12.1. The second-order valence-electron chi connectivity index (χ2n) is 4.55. The minimum Gasteiger partial charge on any atom is -0.153 e. The first-order valence-corrected chi connectivity index (χ1v) is 7.09. The molecule has 1 aromatic heterocycles. The minimum atomic E-state index is 0.290. The topological polar surface area (TPSA) is 0 Å². The van der Waals surface area contributed by atoms with Gasteiger partial charge >= 0.3 is 0 Å². The van der Waals surface area contributed by atoms with Gasteiger partial charge in [0.25, 0.3) is 0 Å². The van der Waals surface area contributed by atoms with E-state index in [9.17, 15) is 0 Å². The van der Waals surface area contributed by atoms with Crippen molar-refractivity contribution in [3.05, 3.63) is 21.9 Å². The molecule has 0 bridgehead atoms. The number of hydrogen-bond acceptors (Lipinski definition) is 2. The maximum Gasteiger partial charge on any atom is 0.0365 e. The van der Waals surface area contributed by atoms with Gasteiger partial charge in [0.05, 0.1) is 0 Å². The van der Waals surface area contributed by atoms with Gasteiger partial charge in [-0.25, -0.2) is 0 Å². The van der Waals surface area contributed by atoms with E-state index in [1.165, 1.54) is 11.3 Å². The Morgan fingerprint density at radius 1 is 1.43 bits per heavy atom. The van der Waals surface area contributed by atoms with Crippen molar-refractivity contribution in [3.63, 3.8) is 0 Å². The Morgan fingerprint density at radius 2 is 2.07 bits per heavy atom. The van der Waals surface area contributed by atoms with Crippen LogP contribution in [0.1, 0.15) is 50.3 Å². The summed E-state index contributed by atoms with van der Waals surface area (Å²) in [5, 5.41) is 2.87. The summed E-state index contributed by atoms with van der Waals surface area (Å²) in [6.07, 6.45) is 0. The zero-order valence-corrected chi connectivity index (χ0v) is 11.4. The summed E-state index contributed by atoms with van der Waals surface area (Å²) in [5.41, 5.74) is 1.81. The molecule has 0 N–H and O–H groups in total. The largest absolute Gasteiger partial charge is 0.153 e. The molecule has 0 aliphatic heterocycles. The highest BCUT2D eigenvalue weighted by molar-refractivity contribution is 7.99. The van der Waals surface area contributed by atoms with Crippen LogP contribution < -0.4 is 0 Å². The lowest BCUT2D eigenvalue weighted by Gasteiger charge is -2.21. The molecule has 14 heavy (non-hydrogen) atoms. The van der Waals surface area contributed by atoms with E-state index in [2.05, 4.69) is 46.1 Å². The molecule has 0 aliphatic rings. The van der Waals surface area contributed by atoms with Crippen LogP contribution in [-0.2, 0) is 5.41 Å². The second kappa shape index (κ2) is 4.71. The highest BCUT2D eigenvalue weighted by atomic mass is 32.2. The van der Waals surface area contributed by atoms with Gasteiger partial charge in [0.15, 0.2) is 0 Å². The number of hydrogen-bond donors (Lipinski definition) is 0. The van der Waals surface area contributed by atoms with Gasteiger partial charge in [-0.1, -0.05) is 27.7 Å². The Labute approximate surface area is 96.1 Å². The molecule has 1 unspecified atom stereocenters. The Kier molecular flexibility index (Phi) is 4.08. The third kappa shape index (κ3) is 2.77. The number of rotatable bonds is 3. The Morgan fingerprint density at radius 3 is 2.57 bits per heavy atom. The zero-order valence-electron chi connectivity index (χ0n) is 9.76. The lowest BCUT2D eigenvalue weighted by Crippen LogP contribution is -2.12. The van der Waals surface area contributed by atoms with Crippen molar-refractivity contribution < 1.29 is 0 Å². The molecule has 2 heteroatoms. The monoisotopic (exact) mass is 228 g/mol. The summed E-state index contributed by atoms with van der Waals surface area (Å²) < 4.78 is 0. The Bertz CT molecular complexity index is 281. The highest BCUT2D eigenvalue weighted by Gasteiger charge is 2.21. The van der Waals surface area contributed by atoms with Gasteiger partial charge in [0.1, 0.15) is 0 Å². The van der Waals surface area contributed by atoms with E-state index in [0.29, 0.717) is 5.25 Å². The van der Waals surface area contributed by atoms with Crippen LogP contribution in [0.5, 0.6) is 0 Å². The van der Waals surface area contributed by atoms with E-state index >= 15 is 0 Å². The van der Waals surface area contributed by atoms with Crippen molar-refractivity contribution in [2.24, 2.45) is 0 Å². The molecular weight excluding hydrogens is 208 g/mol. The summed E-state index contributed by atoms with van der Waals surface area (Å²) in [6.45, 7) is 11.4. The van der Waals surface area contributed by atoms with Crippen LogP contribution in [0.25, 0.3) is 0 Å². The SMILES string of the molecule is CCSC(C)c1sccc1C(C)(C)C. The van der Waals surface area contributed by atoms with Gasteiger partial charge in [0.2, 0.25) is 0 Å². The van der Waals surface area contributed by atoms with Crippen LogP contribution in [0.3, 0.4) is 0 Å². The third-order valence-electron chi connectivity index (χ3n) is 2.29. The van der Waals surface area contributed by atoms with Gasteiger partial charge in [-0.3, -0.25) is 0 Å². The fraction of sp³-hybridized carbons (Fsp3) is 0.667. The molecule has 0 saturated carbocycles. The maximum atomic E-state index is 2.31. The van der Waals surface area contributed by atoms with Crippen molar-refractivity contribution in [2.75, 3.05) is 5.75 Å². The van der Waals surface area contributed by atoms with Crippen molar-refractivity contribution in [3.8, 4) is 0 Å². The lowest BCUT2D eigenvalue weighted by molar-refractivity contribution is 0.586. The minimum absolute atomic E-state index is 0.290. The third-order valence-corrected chi connectivity index (χ3v) is 4.61. The van der Waals surface area contributed by atoms with Crippen LogP contribution in [0.15, 0.2) is 11.4 Å². The maximum absolute atomic E-state index is 2.31. The fourth-order valence-electron chi connectivity index (χ4n) is 1.58. The van der Waals surface area contributed by atoms with E-state index < -0.39 is 0 Å². The highest BCUT2D eigenvalue weighted by Crippen LogP contribution is 2.39. The molecule has 0 spiro atoms. The molecule has 0 aromatic carbocycles. The molecule has 0 fully saturated rings. The van der Waals surface area contributed by atoms with Gasteiger partial charge in [-0.05, 0) is 35.1 Å². The summed E-state index contributed by atoms with van der Waals surface area (Å²) in [6, 6.07) is 2.28. The fourth-order valence-corrected chi connectivity index (χ4v) is 3.77. The number of thiophene rings is 1. The van der Waals surface area contributed by atoms with E-state index in [-0.39, 0.29) is 5.41 Å². The molecule has 1 heterocycles. The molecule has 0 radical (unpaired) electrons. The second-order valence-corrected chi connectivity index (χ2v) is 7.11. The smallest absolute Gasteiger partial charge is 0.0365 e. The van der Waals surface area contributed by atoms with E-state index in [0.717, 1.165) is 0 Å². The molecule has 80 valence electrons. The summed E-state index contributed by atoms with van der Waals surface area (Å²) in [4.78, 5) is 1.56. The number of thioether (sulfide) groups is 1. The summed E-state index contributed by atoms with van der Waals surface area (Å²) >= 11 is 3.93. The summed E-state index contributed by atoms with van der Waals surface area (Å²) in [5.74, 6) is 1.20. The van der Waals surface area contributed by atoms with Crippen LogP contribution in [-0.4, -0.2) is 5.75 Å². The van der Waals surface area contributed by atoms with Crippen molar-refractivity contribution in [2.45, 2.75) is 45.3 Å². The van der Waals surface area contributed by atoms with E-state index in [1.807, 2.05) is 23.1 Å². The molecule has 0 amide bonds. The average molecular weight is 228 g/mol. The zero-order chi connectivity index (χ0) is 10.8. The predicted octanol–water partition coefficient (Wildman–Crippen LogP) is 4.86. The van der Waals surface area contributed by atoms with Crippen LogP contribution in [0.4, 0.5) is 0 Å². The van der Waals surface area contributed by atoms with Gasteiger partial charge in [0, 0.05) is 10.1 Å². The molecule has 1 aromatic rings. The first-order valence-electron chi connectivity index (χ1n) is 5.16. The summed E-state index contributed by atoms with van der Waals surface area (Å²) in [7, 11) is 0. The molecule has 1 rings (SSSR count).